The van der Waals surface area contributed by atoms with Crippen molar-refractivity contribution in [3.63, 3.8) is 0 Å². The van der Waals surface area contributed by atoms with Crippen molar-refractivity contribution in [2.75, 3.05) is 11.9 Å². The first-order valence-corrected chi connectivity index (χ1v) is 11.8. The van der Waals surface area contributed by atoms with Crippen LogP contribution in [0.4, 0.5) is 5.69 Å². The molecule has 0 spiro atoms. The van der Waals surface area contributed by atoms with Crippen molar-refractivity contribution in [3.8, 4) is 17.1 Å². The SMILES string of the molecule is O=C(COc1ccc(Cl)cc1/C=c1\sc2nc(-c3ccncc3)nn2c1=O)Nc1ccc(Cl)cc1. The second-order valence-corrected chi connectivity index (χ2v) is 9.19. The maximum atomic E-state index is 12.9. The summed E-state index contributed by atoms with van der Waals surface area (Å²) < 4.78 is 7.39. The van der Waals surface area contributed by atoms with Gasteiger partial charge in [-0.15, -0.1) is 5.10 Å². The van der Waals surface area contributed by atoms with E-state index in [9.17, 15) is 9.59 Å². The average Bonchev–Trinajstić information content (AvgIpc) is 3.40. The molecular weight excluding hydrogens is 509 g/mol. The van der Waals surface area contributed by atoms with Crippen LogP contribution in [0.3, 0.4) is 0 Å². The van der Waals surface area contributed by atoms with Gasteiger partial charge in [-0.25, -0.2) is 0 Å². The van der Waals surface area contributed by atoms with E-state index in [1.807, 2.05) is 0 Å². The molecule has 1 N–H and O–H groups in total. The lowest BCUT2D eigenvalue weighted by Gasteiger charge is -2.10. The number of amides is 1. The predicted molar refractivity (Wildman–Crippen MR) is 136 cm³/mol. The summed E-state index contributed by atoms with van der Waals surface area (Å²) >= 11 is 13.2. The summed E-state index contributed by atoms with van der Waals surface area (Å²) in [6.07, 6.45) is 4.92. The Balaban J connectivity index is 1.39. The third-order valence-electron chi connectivity index (χ3n) is 4.87. The predicted octanol–water partition coefficient (Wildman–Crippen LogP) is 4.09. The minimum Gasteiger partial charge on any atom is -0.483 e. The Labute approximate surface area is 212 Å². The average molecular weight is 524 g/mol. The number of carbonyl (C=O) groups is 1. The standard InChI is InChI=1S/C24H15Cl2N5O3S/c25-16-1-4-18(5-2-16)28-21(32)13-34-19-6-3-17(26)11-15(19)12-20-23(33)31-24(35-20)29-22(30-31)14-7-9-27-10-8-14/h1-12H,13H2,(H,28,32)/b20-12-. The molecule has 1 amide bonds. The van der Waals surface area contributed by atoms with E-state index in [1.54, 1.807) is 73.1 Å². The molecule has 2 aromatic carbocycles. The minimum absolute atomic E-state index is 0.236. The van der Waals surface area contributed by atoms with Gasteiger partial charge in [-0.2, -0.15) is 9.50 Å². The number of carbonyl (C=O) groups excluding carboxylic acids is 1. The van der Waals surface area contributed by atoms with Crippen LogP contribution in [0.25, 0.3) is 22.4 Å². The van der Waals surface area contributed by atoms with Crippen molar-refractivity contribution in [2.24, 2.45) is 0 Å². The molecule has 0 saturated heterocycles. The van der Waals surface area contributed by atoms with Crippen LogP contribution in [0.1, 0.15) is 5.56 Å². The Morgan fingerprint density at radius 3 is 2.54 bits per heavy atom. The maximum Gasteiger partial charge on any atom is 0.291 e. The van der Waals surface area contributed by atoms with Gasteiger partial charge in [-0.3, -0.25) is 14.6 Å². The monoisotopic (exact) mass is 523 g/mol. The number of ether oxygens (including phenoxy) is 1. The van der Waals surface area contributed by atoms with Crippen LogP contribution in [0.15, 0.2) is 71.8 Å². The normalized spacial score (nSPS) is 11.7. The summed E-state index contributed by atoms with van der Waals surface area (Å²) in [4.78, 5) is 34.2. The number of fused-ring (bicyclic) bond motifs is 1. The second-order valence-electron chi connectivity index (χ2n) is 7.31. The number of nitrogens with one attached hydrogen (secondary N) is 1. The van der Waals surface area contributed by atoms with Crippen LogP contribution in [-0.4, -0.2) is 32.1 Å². The summed E-state index contributed by atoms with van der Waals surface area (Å²) in [6, 6.07) is 15.2. The number of hydrogen-bond donors (Lipinski definition) is 1. The molecule has 11 heteroatoms. The summed E-state index contributed by atoms with van der Waals surface area (Å²) in [6.45, 7) is -0.236. The van der Waals surface area contributed by atoms with E-state index in [2.05, 4.69) is 20.4 Å². The van der Waals surface area contributed by atoms with Crippen LogP contribution < -0.4 is 20.1 Å². The maximum absolute atomic E-state index is 12.9. The molecule has 35 heavy (non-hydrogen) atoms. The lowest BCUT2D eigenvalue weighted by Crippen LogP contribution is -2.24. The molecular formula is C24H15Cl2N5O3S. The zero-order valence-electron chi connectivity index (χ0n) is 17.8. The van der Waals surface area contributed by atoms with Gasteiger partial charge in [-0.1, -0.05) is 34.5 Å². The lowest BCUT2D eigenvalue weighted by atomic mass is 10.2. The van der Waals surface area contributed by atoms with Gasteiger partial charge in [0, 0.05) is 39.3 Å². The highest BCUT2D eigenvalue weighted by Crippen LogP contribution is 2.24. The summed E-state index contributed by atoms with van der Waals surface area (Å²) in [5.41, 5.74) is 1.60. The summed E-state index contributed by atoms with van der Waals surface area (Å²) in [5, 5.41) is 8.09. The summed E-state index contributed by atoms with van der Waals surface area (Å²) in [7, 11) is 0. The highest BCUT2D eigenvalue weighted by molar-refractivity contribution is 7.15. The van der Waals surface area contributed by atoms with E-state index in [1.165, 1.54) is 15.9 Å². The molecule has 3 aromatic heterocycles. The third-order valence-corrected chi connectivity index (χ3v) is 6.31. The Bertz CT molecular complexity index is 1640. The van der Waals surface area contributed by atoms with E-state index < -0.39 is 0 Å². The van der Waals surface area contributed by atoms with E-state index in [0.717, 1.165) is 5.56 Å². The Morgan fingerprint density at radius 2 is 1.80 bits per heavy atom. The smallest absolute Gasteiger partial charge is 0.291 e. The lowest BCUT2D eigenvalue weighted by molar-refractivity contribution is -0.118. The molecule has 8 nitrogen and oxygen atoms in total. The Morgan fingerprint density at radius 1 is 1.06 bits per heavy atom. The van der Waals surface area contributed by atoms with Crippen molar-refractivity contribution in [1.82, 2.24) is 19.6 Å². The molecule has 0 fully saturated rings. The zero-order chi connectivity index (χ0) is 24.4. The first-order chi connectivity index (χ1) is 17.0. The van der Waals surface area contributed by atoms with E-state index >= 15 is 0 Å². The highest BCUT2D eigenvalue weighted by atomic mass is 35.5. The third kappa shape index (κ3) is 5.17. The Kier molecular flexibility index (Phi) is 6.45. The summed E-state index contributed by atoms with van der Waals surface area (Å²) in [5.74, 6) is 0.498. The number of pyridine rings is 1. The molecule has 0 radical (unpaired) electrons. The van der Waals surface area contributed by atoms with Gasteiger partial charge >= 0.3 is 0 Å². The number of anilines is 1. The number of nitrogens with zero attached hydrogens (tertiary/aromatic N) is 4. The Hall–Kier alpha value is -3.79. The largest absolute Gasteiger partial charge is 0.483 e. The second kappa shape index (κ2) is 9.83. The molecule has 0 aliphatic carbocycles. The topological polar surface area (TPSA) is 98.5 Å². The fourth-order valence-corrected chi connectivity index (χ4v) is 4.44. The van der Waals surface area contributed by atoms with Gasteiger partial charge in [0.15, 0.2) is 12.4 Å². The van der Waals surface area contributed by atoms with Gasteiger partial charge in [-0.05, 0) is 60.7 Å². The van der Waals surface area contributed by atoms with Gasteiger partial charge in [0.25, 0.3) is 11.5 Å². The molecule has 174 valence electrons. The van der Waals surface area contributed by atoms with Crippen molar-refractivity contribution in [3.05, 3.63) is 97.5 Å². The quantitative estimate of drug-likeness (QED) is 0.360. The van der Waals surface area contributed by atoms with E-state index in [4.69, 9.17) is 27.9 Å². The number of benzene rings is 2. The zero-order valence-corrected chi connectivity index (χ0v) is 20.1. The van der Waals surface area contributed by atoms with Crippen LogP contribution in [0.2, 0.25) is 10.0 Å². The van der Waals surface area contributed by atoms with Gasteiger partial charge in [0.1, 0.15) is 5.75 Å². The fourth-order valence-electron chi connectivity index (χ4n) is 3.24. The molecule has 0 atom stereocenters. The van der Waals surface area contributed by atoms with Gasteiger partial charge in [0.05, 0.1) is 4.53 Å². The molecule has 0 saturated carbocycles. The van der Waals surface area contributed by atoms with E-state index in [-0.39, 0.29) is 18.1 Å². The number of halogens is 2. The molecule has 0 aliphatic heterocycles. The minimum atomic E-state index is -0.347. The number of hydrogen-bond acceptors (Lipinski definition) is 7. The molecule has 0 bridgehead atoms. The molecule has 5 rings (SSSR count). The molecule has 0 unspecified atom stereocenters. The van der Waals surface area contributed by atoms with Gasteiger partial charge < -0.3 is 10.1 Å². The number of rotatable bonds is 6. The molecule has 5 aromatic rings. The van der Waals surface area contributed by atoms with E-state index in [0.29, 0.717) is 42.4 Å². The number of thiazole rings is 1. The first kappa shape index (κ1) is 23.0. The number of aromatic nitrogens is 4. The van der Waals surface area contributed by atoms with Crippen molar-refractivity contribution >= 4 is 57.2 Å². The van der Waals surface area contributed by atoms with Crippen LogP contribution >= 0.6 is 34.5 Å². The van der Waals surface area contributed by atoms with Crippen molar-refractivity contribution in [2.45, 2.75) is 0 Å². The highest BCUT2D eigenvalue weighted by Gasteiger charge is 2.13. The van der Waals surface area contributed by atoms with Crippen LogP contribution in [0, 0.1) is 0 Å². The van der Waals surface area contributed by atoms with Gasteiger partial charge in [0.2, 0.25) is 4.96 Å². The molecule has 3 heterocycles. The fraction of sp³-hybridized carbons (Fsp3) is 0.0417. The first-order valence-electron chi connectivity index (χ1n) is 10.3. The van der Waals surface area contributed by atoms with Crippen molar-refractivity contribution in [1.29, 1.82) is 0 Å². The van der Waals surface area contributed by atoms with Crippen molar-refractivity contribution < 1.29 is 9.53 Å². The van der Waals surface area contributed by atoms with Crippen LogP contribution in [0.5, 0.6) is 5.75 Å². The van der Waals surface area contributed by atoms with Crippen LogP contribution in [-0.2, 0) is 4.79 Å². The molecule has 0 aliphatic rings.